The molecule has 0 radical (unpaired) electrons. The van der Waals surface area contributed by atoms with E-state index in [1.165, 1.54) is 49.7 Å². The summed E-state index contributed by atoms with van der Waals surface area (Å²) in [6.07, 6.45) is 0. The Morgan fingerprint density at radius 2 is 0.877 bits per heavy atom. The van der Waals surface area contributed by atoms with Crippen molar-refractivity contribution < 1.29 is 0 Å². The fourth-order valence-electron chi connectivity index (χ4n) is 8.10. The van der Waals surface area contributed by atoms with Crippen molar-refractivity contribution in [2.75, 3.05) is 0 Å². The van der Waals surface area contributed by atoms with Gasteiger partial charge in [0.1, 0.15) is 0 Å². The Morgan fingerprint density at radius 3 is 1.46 bits per heavy atom. The number of nitrogens with zero attached hydrogens (tertiary/aromatic N) is 3. The molecule has 0 unspecified atom stereocenters. The third kappa shape index (κ3) is 7.44. The van der Waals surface area contributed by atoms with Crippen LogP contribution in [0.4, 0.5) is 0 Å². The molecule has 0 saturated carbocycles. The minimum atomic E-state index is -1.47. The van der Waals surface area contributed by atoms with Crippen LogP contribution in [0.3, 0.4) is 0 Å². The monoisotopic (exact) mass is 761 g/mol. The van der Waals surface area contributed by atoms with Crippen molar-refractivity contribution in [3.8, 4) is 67.5 Å². The summed E-state index contributed by atoms with van der Waals surface area (Å²) in [5, 5.41) is 1.41. The second-order valence-corrected chi connectivity index (χ2v) is 24.6. The molecular formula is C53H55N3Si. The summed E-state index contributed by atoms with van der Waals surface area (Å²) in [6, 6.07) is 49.1. The van der Waals surface area contributed by atoms with Crippen molar-refractivity contribution in [1.29, 1.82) is 0 Å². The third-order valence-corrected chi connectivity index (χ3v) is 13.9. The van der Waals surface area contributed by atoms with Crippen molar-refractivity contribution >= 4 is 13.3 Å². The van der Waals surface area contributed by atoms with Gasteiger partial charge in [0, 0.05) is 22.1 Å². The zero-order valence-electron chi connectivity index (χ0n) is 35.5. The Balaban J connectivity index is 1.19. The minimum absolute atomic E-state index is 0.00348. The molecule has 8 rings (SSSR count). The summed E-state index contributed by atoms with van der Waals surface area (Å²) in [5.41, 5.74) is 15.6. The molecule has 1 aliphatic rings. The predicted molar refractivity (Wildman–Crippen MR) is 245 cm³/mol. The van der Waals surface area contributed by atoms with Crippen LogP contribution in [0.25, 0.3) is 67.5 Å². The molecule has 3 nitrogen and oxygen atoms in total. The van der Waals surface area contributed by atoms with Crippen LogP contribution in [-0.4, -0.2) is 23.0 Å². The first-order valence-electron chi connectivity index (χ1n) is 20.4. The highest BCUT2D eigenvalue weighted by Crippen LogP contribution is 2.49. The van der Waals surface area contributed by atoms with Crippen molar-refractivity contribution in [3.63, 3.8) is 0 Å². The van der Waals surface area contributed by atoms with Gasteiger partial charge in [0.15, 0.2) is 17.5 Å². The Morgan fingerprint density at radius 1 is 0.404 bits per heavy atom. The van der Waals surface area contributed by atoms with Crippen molar-refractivity contribution in [2.24, 2.45) is 0 Å². The molecule has 0 saturated heterocycles. The van der Waals surface area contributed by atoms with E-state index in [2.05, 4.69) is 208 Å². The summed E-state index contributed by atoms with van der Waals surface area (Å²) >= 11 is 0. The molecule has 7 aromatic rings. The molecule has 0 spiro atoms. The molecule has 286 valence electrons. The second-order valence-electron chi connectivity index (χ2n) is 19.5. The highest BCUT2D eigenvalue weighted by molar-refractivity contribution is 6.88. The van der Waals surface area contributed by atoms with E-state index in [1.807, 2.05) is 0 Å². The summed E-state index contributed by atoms with van der Waals surface area (Å²) in [6.45, 7) is 25.4. The van der Waals surface area contributed by atoms with Crippen LogP contribution in [0.15, 0.2) is 133 Å². The summed E-state index contributed by atoms with van der Waals surface area (Å²) in [5.74, 6) is 2.05. The highest BCUT2D eigenvalue weighted by atomic mass is 28.3. The molecule has 0 N–H and O–H groups in total. The number of rotatable bonds is 6. The van der Waals surface area contributed by atoms with E-state index >= 15 is 0 Å². The van der Waals surface area contributed by atoms with Crippen molar-refractivity contribution in [3.05, 3.63) is 156 Å². The zero-order valence-corrected chi connectivity index (χ0v) is 36.5. The molecule has 0 fully saturated rings. The van der Waals surface area contributed by atoms with Gasteiger partial charge in [0.25, 0.3) is 0 Å². The van der Waals surface area contributed by atoms with Crippen LogP contribution in [0, 0.1) is 0 Å². The van der Waals surface area contributed by atoms with Gasteiger partial charge in [-0.2, -0.15) is 0 Å². The van der Waals surface area contributed by atoms with E-state index in [4.69, 9.17) is 15.0 Å². The van der Waals surface area contributed by atoms with E-state index in [1.54, 1.807) is 0 Å². The van der Waals surface area contributed by atoms with Crippen LogP contribution in [0.2, 0.25) is 19.6 Å². The maximum absolute atomic E-state index is 5.23. The van der Waals surface area contributed by atoms with Crippen LogP contribution in [0.5, 0.6) is 0 Å². The summed E-state index contributed by atoms with van der Waals surface area (Å²) in [4.78, 5) is 15.6. The quantitative estimate of drug-likeness (QED) is 0.158. The maximum atomic E-state index is 5.23. The lowest BCUT2D eigenvalue weighted by Gasteiger charge is -2.26. The Bertz CT molecular complexity index is 2600. The normalized spacial score (nSPS) is 13.7. The number of hydrogen-bond acceptors (Lipinski definition) is 3. The fraction of sp³-hybridized carbons (Fsp3) is 0.264. The lowest BCUT2D eigenvalue weighted by atomic mass is 9.79. The van der Waals surface area contributed by atoms with Crippen LogP contribution in [0.1, 0.15) is 77.6 Å². The first-order chi connectivity index (χ1) is 26.9. The number of aromatic nitrogens is 3. The molecule has 1 heterocycles. The molecular weight excluding hydrogens is 707 g/mol. The van der Waals surface area contributed by atoms with Gasteiger partial charge in [-0.15, -0.1) is 0 Å². The maximum Gasteiger partial charge on any atom is 0.164 e. The zero-order chi connectivity index (χ0) is 40.5. The van der Waals surface area contributed by atoms with Gasteiger partial charge in [-0.25, -0.2) is 15.0 Å². The van der Waals surface area contributed by atoms with Gasteiger partial charge in [0.2, 0.25) is 0 Å². The third-order valence-electron chi connectivity index (χ3n) is 11.8. The standard InChI is InChI=1S/C53H55N3Si/c1-51(2,3)41-30-40(31-42(33-41)52(4,5)6)50-55-48(36-23-26-43(27-24-36)57(9,10)11)54-49(56-50)39-16-14-15-37(29-39)34-19-21-35(22-20-34)38-25-28-47-45(32-38)44-17-12-13-18-46(44)53(47,7)8/h12-33H,1-11H3. The van der Waals surface area contributed by atoms with Crippen molar-refractivity contribution in [1.82, 2.24) is 15.0 Å². The van der Waals surface area contributed by atoms with E-state index in [-0.39, 0.29) is 16.2 Å². The van der Waals surface area contributed by atoms with Gasteiger partial charge in [-0.05, 0) is 90.7 Å². The molecule has 0 atom stereocenters. The molecule has 1 aromatic heterocycles. The molecule has 0 aliphatic heterocycles. The summed E-state index contributed by atoms with van der Waals surface area (Å²) < 4.78 is 0. The van der Waals surface area contributed by atoms with Crippen LogP contribution in [-0.2, 0) is 16.2 Å². The van der Waals surface area contributed by atoms with Gasteiger partial charge in [0.05, 0.1) is 8.07 Å². The average molecular weight is 762 g/mol. The number of hydrogen-bond donors (Lipinski definition) is 0. The predicted octanol–water partition coefficient (Wildman–Crippen LogP) is 13.7. The SMILES string of the molecule is CC(C)(C)c1cc(-c2nc(-c3ccc([Si](C)(C)C)cc3)nc(-c3cccc(-c4ccc(-c5ccc6c(c5)-c5ccccc5C6(C)C)cc4)c3)n2)cc(C(C)(C)C)c1. The molecule has 4 heteroatoms. The average Bonchev–Trinajstić information content (AvgIpc) is 3.42. The van der Waals surface area contributed by atoms with Gasteiger partial charge < -0.3 is 0 Å². The minimum Gasteiger partial charge on any atom is -0.208 e. The highest BCUT2D eigenvalue weighted by Gasteiger charge is 2.35. The first kappa shape index (κ1) is 38.4. The number of fused-ring (bicyclic) bond motifs is 3. The van der Waals surface area contributed by atoms with E-state index in [0.29, 0.717) is 17.5 Å². The van der Waals surface area contributed by atoms with Gasteiger partial charge in [-0.3, -0.25) is 0 Å². The smallest absolute Gasteiger partial charge is 0.164 e. The van der Waals surface area contributed by atoms with E-state index in [9.17, 15) is 0 Å². The van der Waals surface area contributed by atoms with Gasteiger partial charge in [-0.1, -0.05) is 189 Å². The second kappa shape index (κ2) is 13.9. The van der Waals surface area contributed by atoms with E-state index in [0.717, 1.165) is 27.8 Å². The fourth-order valence-corrected chi connectivity index (χ4v) is 9.26. The lowest BCUT2D eigenvalue weighted by molar-refractivity contribution is 0.569. The Hall–Kier alpha value is -5.45. The number of benzene rings is 6. The lowest BCUT2D eigenvalue weighted by Crippen LogP contribution is -2.37. The van der Waals surface area contributed by atoms with Crippen LogP contribution >= 0.6 is 0 Å². The first-order valence-corrected chi connectivity index (χ1v) is 23.9. The summed E-state index contributed by atoms with van der Waals surface area (Å²) in [7, 11) is -1.47. The molecule has 1 aliphatic carbocycles. The van der Waals surface area contributed by atoms with E-state index < -0.39 is 8.07 Å². The van der Waals surface area contributed by atoms with Gasteiger partial charge >= 0.3 is 0 Å². The molecule has 0 bridgehead atoms. The topological polar surface area (TPSA) is 38.7 Å². The Kier molecular flexibility index (Phi) is 9.36. The molecule has 6 aromatic carbocycles. The largest absolute Gasteiger partial charge is 0.208 e. The van der Waals surface area contributed by atoms with Crippen molar-refractivity contribution in [2.45, 2.75) is 91.3 Å². The molecule has 57 heavy (non-hydrogen) atoms. The molecule has 0 amide bonds. The Labute approximate surface area is 341 Å². The van der Waals surface area contributed by atoms with Crippen LogP contribution < -0.4 is 5.19 Å².